The third kappa shape index (κ3) is 4.87. The number of hydrogen-bond acceptors (Lipinski definition) is 4. The molecule has 1 aromatic rings. The summed E-state index contributed by atoms with van der Waals surface area (Å²) in [7, 11) is 0. The second-order valence-corrected chi connectivity index (χ2v) is 6.44. The second kappa shape index (κ2) is 8.37. The lowest BCUT2D eigenvalue weighted by molar-refractivity contribution is -0.121. The van der Waals surface area contributed by atoms with Crippen LogP contribution < -0.4 is 11.1 Å². The molecule has 0 aliphatic heterocycles. The Hall–Kier alpha value is -0.940. The molecule has 0 spiro atoms. The van der Waals surface area contributed by atoms with E-state index in [0.29, 0.717) is 25.4 Å². The number of carbonyl (C=O) groups is 1. The molecule has 1 heterocycles. The molecule has 1 fully saturated rings. The van der Waals surface area contributed by atoms with Gasteiger partial charge >= 0.3 is 0 Å². The highest BCUT2D eigenvalue weighted by Crippen LogP contribution is 2.32. The van der Waals surface area contributed by atoms with Crippen LogP contribution in [0, 0.1) is 0 Å². The van der Waals surface area contributed by atoms with Gasteiger partial charge in [0.05, 0.1) is 10.7 Å². The molecule has 2 rings (SSSR count). The molecule has 1 saturated carbocycles. The first-order chi connectivity index (χ1) is 9.79. The molecule has 1 amide bonds. The van der Waals surface area contributed by atoms with Crippen molar-refractivity contribution < 1.29 is 4.79 Å². The van der Waals surface area contributed by atoms with Gasteiger partial charge in [-0.3, -0.25) is 4.79 Å². The maximum absolute atomic E-state index is 11.5. The molecule has 20 heavy (non-hydrogen) atoms. The zero-order chi connectivity index (χ0) is 14.2. The quantitative estimate of drug-likeness (QED) is 0.812. The average molecular weight is 295 g/mol. The van der Waals surface area contributed by atoms with Crippen LogP contribution in [0.5, 0.6) is 0 Å². The van der Waals surface area contributed by atoms with Gasteiger partial charge < -0.3 is 11.1 Å². The normalized spacial score (nSPS) is 16.2. The SMILES string of the molecule is NCCCC(=O)NCCc1nc(C2CCCCC2)cs1. The number of hydrogen-bond donors (Lipinski definition) is 2. The first kappa shape index (κ1) is 15.4. The minimum absolute atomic E-state index is 0.0968. The van der Waals surface area contributed by atoms with Crippen molar-refractivity contribution in [3.8, 4) is 0 Å². The first-order valence-electron chi connectivity index (χ1n) is 7.70. The van der Waals surface area contributed by atoms with Gasteiger partial charge in [0.2, 0.25) is 5.91 Å². The first-order valence-corrected chi connectivity index (χ1v) is 8.58. The molecule has 0 radical (unpaired) electrons. The predicted octanol–water partition coefficient (Wildman–Crippen LogP) is 2.59. The van der Waals surface area contributed by atoms with Gasteiger partial charge in [-0.15, -0.1) is 11.3 Å². The molecule has 0 unspecified atom stereocenters. The lowest BCUT2D eigenvalue weighted by atomic mass is 9.87. The summed E-state index contributed by atoms with van der Waals surface area (Å²) in [4.78, 5) is 16.2. The number of rotatable bonds is 7. The Bertz CT molecular complexity index is 413. The minimum atomic E-state index is 0.0968. The van der Waals surface area contributed by atoms with E-state index in [1.165, 1.54) is 37.8 Å². The van der Waals surface area contributed by atoms with Gasteiger partial charge in [-0.1, -0.05) is 19.3 Å². The van der Waals surface area contributed by atoms with Crippen LogP contribution in [0.4, 0.5) is 0 Å². The molecule has 5 heteroatoms. The van der Waals surface area contributed by atoms with Crippen molar-refractivity contribution in [3.63, 3.8) is 0 Å². The van der Waals surface area contributed by atoms with Gasteiger partial charge in [-0.2, -0.15) is 0 Å². The molecular weight excluding hydrogens is 270 g/mol. The van der Waals surface area contributed by atoms with Crippen LogP contribution in [0.3, 0.4) is 0 Å². The van der Waals surface area contributed by atoms with Gasteiger partial charge in [-0.25, -0.2) is 4.98 Å². The number of nitrogens with two attached hydrogens (primary N) is 1. The van der Waals surface area contributed by atoms with E-state index in [2.05, 4.69) is 10.7 Å². The number of amides is 1. The fourth-order valence-electron chi connectivity index (χ4n) is 2.69. The average Bonchev–Trinajstić information content (AvgIpc) is 2.95. The van der Waals surface area contributed by atoms with Crippen molar-refractivity contribution in [2.45, 2.75) is 57.3 Å². The molecular formula is C15H25N3OS. The molecule has 112 valence electrons. The van der Waals surface area contributed by atoms with E-state index in [0.717, 1.165) is 17.8 Å². The number of nitrogens with one attached hydrogen (secondary N) is 1. The summed E-state index contributed by atoms with van der Waals surface area (Å²) in [6.45, 7) is 1.26. The number of thiazole rings is 1. The standard InChI is InChI=1S/C15H25N3OS/c16-9-4-7-14(19)17-10-8-15-18-13(11-20-15)12-5-2-1-3-6-12/h11-12H,1-10,16H2,(H,17,19). The summed E-state index contributed by atoms with van der Waals surface area (Å²) in [5, 5.41) is 6.28. The van der Waals surface area contributed by atoms with Crippen molar-refractivity contribution in [1.29, 1.82) is 0 Å². The predicted molar refractivity (Wildman–Crippen MR) is 82.9 cm³/mol. The van der Waals surface area contributed by atoms with Gasteiger partial charge in [0, 0.05) is 30.7 Å². The topological polar surface area (TPSA) is 68.0 Å². The third-order valence-corrected chi connectivity index (χ3v) is 4.79. The van der Waals surface area contributed by atoms with Crippen LogP contribution >= 0.6 is 11.3 Å². The maximum atomic E-state index is 11.5. The molecule has 0 saturated heterocycles. The Labute approximate surface area is 125 Å². The van der Waals surface area contributed by atoms with Crippen molar-refractivity contribution in [3.05, 3.63) is 16.1 Å². The van der Waals surface area contributed by atoms with E-state index in [9.17, 15) is 4.79 Å². The van der Waals surface area contributed by atoms with E-state index in [-0.39, 0.29) is 5.91 Å². The summed E-state index contributed by atoms with van der Waals surface area (Å²) in [5.74, 6) is 0.771. The van der Waals surface area contributed by atoms with Crippen molar-refractivity contribution >= 4 is 17.2 Å². The Morgan fingerprint density at radius 2 is 2.20 bits per heavy atom. The summed E-state index contributed by atoms with van der Waals surface area (Å²) < 4.78 is 0. The largest absolute Gasteiger partial charge is 0.356 e. The molecule has 1 aliphatic carbocycles. The Morgan fingerprint density at radius 3 is 2.95 bits per heavy atom. The van der Waals surface area contributed by atoms with E-state index in [1.807, 2.05) is 0 Å². The fourth-order valence-corrected chi connectivity index (χ4v) is 3.57. The Balaban J connectivity index is 1.71. The van der Waals surface area contributed by atoms with E-state index < -0.39 is 0 Å². The van der Waals surface area contributed by atoms with E-state index in [4.69, 9.17) is 10.7 Å². The summed E-state index contributed by atoms with van der Waals surface area (Å²) in [5.41, 5.74) is 6.66. The smallest absolute Gasteiger partial charge is 0.220 e. The Morgan fingerprint density at radius 1 is 1.40 bits per heavy atom. The van der Waals surface area contributed by atoms with Crippen LogP contribution in [0.2, 0.25) is 0 Å². The van der Waals surface area contributed by atoms with Gasteiger partial charge in [0.1, 0.15) is 0 Å². The van der Waals surface area contributed by atoms with Crippen LogP contribution in [-0.4, -0.2) is 24.0 Å². The molecule has 1 aliphatic rings. The third-order valence-electron chi connectivity index (χ3n) is 3.86. The highest BCUT2D eigenvalue weighted by molar-refractivity contribution is 7.09. The molecule has 0 bridgehead atoms. The second-order valence-electron chi connectivity index (χ2n) is 5.49. The zero-order valence-corrected chi connectivity index (χ0v) is 12.9. The van der Waals surface area contributed by atoms with Crippen LogP contribution in [0.15, 0.2) is 5.38 Å². The molecule has 3 N–H and O–H groups in total. The zero-order valence-electron chi connectivity index (χ0n) is 12.1. The van der Waals surface area contributed by atoms with Crippen LogP contribution in [0.25, 0.3) is 0 Å². The fraction of sp³-hybridized carbons (Fsp3) is 0.733. The lowest BCUT2D eigenvalue weighted by Crippen LogP contribution is -2.26. The summed E-state index contributed by atoms with van der Waals surface area (Å²) in [6, 6.07) is 0. The summed E-state index contributed by atoms with van der Waals surface area (Å²) in [6.07, 6.45) is 8.77. The van der Waals surface area contributed by atoms with Crippen LogP contribution in [-0.2, 0) is 11.2 Å². The van der Waals surface area contributed by atoms with E-state index >= 15 is 0 Å². The van der Waals surface area contributed by atoms with Crippen molar-refractivity contribution in [2.75, 3.05) is 13.1 Å². The van der Waals surface area contributed by atoms with Gasteiger partial charge in [0.15, 0.2) is 0 Å². The highest BCUT2D eigenvalue weighted by Gasteiger charge is 2.18. The van der Waals surface area contributed by atoms with Crippen molar-refractivity contribution in [2.24, 2.45) is 5.73 Å². The number of carbonyl (C=O) groups excluding carboxylic acids is 1. The monoisotopic (exact) mass is 295 g/mol. The lowest BCUT2D eigenvalue weighted by Gasteiger charge is -2.19. The molecule has 0 atom stereocenters. The summed E-state index contributed by atoms with van der Waals surface area (Å²) >= 11 is 1.73. The molecule has 0 aromatic carbocycles. The van der Waals surface area contributed by atoms with E-state index in [1.54, 1.807) is 11.3 Å². The maximum Gasteiger partial charge on any atom is 0.220 e. The molecule has 1 aromatic heterocycles. The molecule has 4 nitrogen and oxygen atoms in total. The number of nitrogens with zero attached hydrogens (tertiary/aromatic N) is 1. The van der Waals surface area contributed by atoms with Crippen LogP contribution in [0.1, 0.15) is 61.6 Å². The van der Waals surface area contributed by atoms with Crippen molar-refractivity contribution in [1.82, 2.24) is 10.3 Å². The van der Waals surface area contributed by atoms with Gasteiger partial charge in [-0.05, 0) is 25.8 Å². The minimum Gasteiger partial charge on any atom is -0.356 e. The number of aromatic nitrogens is 1. The highest BCUT2D eigenvalue weighted by atomic mass is 32.1. The van der Waals surface area contributed by atoms with Gasteiger partial charge in [0.25, 0.3) is 0 Å². The Kier molecular flexibility index (Phi) is 6.47.